The van der Waals surface area contributed by atoms with Crippen LogP contribution in [0.2, 0.25) is 0 Å². The van der Waals surface area contributed by atoms with E-state index in [1.54, 1.807) is 19.3 Å². The molecule has 2 aromatic heterocycles. The van der Waals surface area contributed by atoms with Crippen molar-refractivity contribution in [2.24, 2.45) is 0 Å². The summed E-state index contributed by atoms with van der Waals surface area (Å²) in [5, 5.41) is 6.68. The summed E-state index contributed by atoms with van der Waals surface area (Å²) in [6.07, 6.45) is 3.18. The van der Waals surface area contributed by atoms with Gasteiger partial charge in [0.05, 0.1) is 23.8 Å². The standard InChI is InChI=1S/C18H18N4O2/c1-11(2)16-15(12(3)22-24-16)18(23)21-14-9-19-17(20-10-14)13-7-5-4-6-8-13/h4-11H,1-3H3,(H,21,23). The number of amides is 1. The van der Waals surface area contributed by atoms with Gasteiger partial charge in [-0.1, -0.05) is 49.3 Å². The molecule has 1 N–H and O–H groups in total. The lowest BCUT2D eigenvalue weighted by atomic mass is 10.0. The number of nitrogens with zero attached hydrogens (tertiary/aromatic N) is 3. The number of rotatable bonds is 4. The second-order valence-electron chi connectivity index (χ2n) is 5.78. The molecule has 0 saturated carbocycles. The van der Waals surface area contributed by atoms with Crippen LogP contribution in [-0.4, -0.2) is 21.0 Å². The molecule has 1 aromatic carbocycles. The predicted molar refractivity (Wildman–Crippen MR) is 90.8 cm³/mol. The maximum Gasteiger partial charge on any atom is 0.261 e. The molecule has 0 aliphatic carbocycles. The zero-order valence-corrected chi connectivity index (χ0v) is 13.8. The molecule has 0 radical (unpaired) electrons. The van der Waals surface area contributed by atoms with Gasteiger partial charge in [-0.05, 0) is 6.92 Å². The lowest BCUT2D eigenvalue weighted by Gasteiger charge is -2.07. The lowest BCUT2D eigenvalue weighted by molar-refractivity contribution is 0.102. The van der Waals surface area contributed by atoms with Gasteiger partial charge in [-0.3, -0.25) is 4.79 Å². The Morgan fingerprint density at radius 3 is 2.42 bits per heavy atom. The molecule has 0 aliphatic rings. The molecule has 0 atom stereocenters. The molecule has 0 aliphatic heterocycles. The Morgan fingerprint density at radius 1 is 1.12 bits per heavy atom. The Labute approximate surface area is 139 Å². The number of carbonyl (C=O) groups excluding carboxylic acids is 1. The first kappa shape index (κ1) is 15.9. The van der Waals surface area contributed by atoms with E-state index >= 15 is 0 Å². The third kappa shape index (κ3) is 3.17. The number of aromatic nitrogens is 3. The van der Waals surface area contributed by atoms with Gasteiger partial charge in [-0.2, -0.15) is 0 Å². The van der Waals surface area contributed by atoms with Crippen molar-refractivity contribution in [3.05, 3.63) is 59.7 Å². The average molecular weight is 322 g/mol. The molecule has 6 heteroatoms. The van der Waals surface area contributed by atoms with Gasteiger partial charge in [-0.15, -0.1) is 0 Å². The maximum absolute atomic E-state index is 12.5. The van der Waals surface area contributed by atoms with Gasteiger partial charge < -0.3 is 9.84 Å². The highest BCUT2D eigenvalue weighted by atomic mass is 16.5. The number of carbonyl (C=O) groups is 1. The highest BCUT2D eigenvalue weighted by Gasteiger charge is 2.22. The van der Waals surface area contributed by atoms with Crippen LogP contribution in [-0.2, 0) is 0 Å². The Bertz CT molecular complexity index is 839. The van der Waals surface area contributed by atoms with Gasteiger partial charge in [-0.25, -0.2) is 9.97 Å². The molecule has 24 heavy (non-hydrogen) atoms. The normalized spacial score (nSPS) is 10.8. The van der Waals surface area contributed by atoms with Gasteiger partial charge in [0.1, 0.15) is 5.56 Å². The smallest absolute Gasteiger partial charge is 0.261 e. The highest BCUT2D eigenvalue weighted by molar-refractivity contribution is 6.05. The van der Waals surface area contributed by atoms with E-state index < -0.39 is 0 Å². The minimum Gasteiger partial charge on any atom is -0.360 e. The second kappa shape index (κ2) is 6.62. The summed E-state index contributed by atoms with van der Waals surface area (Å²) >= 11 is 0. The largest absolute Gasteiger partial charge is 0.360 e. The van der Waals surface area contributed by atoms with Crippen molar-refractivity contribution in [2.75, 3.05) is 5.32 Å². The van der Waals surface area contributed by atoms with Gasteiger partial charge in [0.15, 0.2) is 11.6 Å². The molecular weight excluding hydrogens is 304 g/mol. The van der Waals surface area contributed by atoms with E-state index in [1.165, 1.54) is 0 Å². The minimum atomic E-state index is -0.270. The highest BCUT2D eigenvalue weighted by Crippen LogP contribution is 2.23. The maximum atomic E-state index is 12.5. The Balaban J connectivity index is 1.80. The summed E-state index contributed by atoms with van der Waals surface area (Å²) in [6.45, 7) is 5.66. The van der Waals surface area contributed by atoms with Crippen LogP contribution in [0.5, 0.6) is 0 Å². The van der Waals surface area contributed by atoms with Crippen LogP contribution in [0.25, 0.3) is 11.4 Å². The molecule has 0 unspecified atom stereocenters. The molecule has 0 saturated heterocycles. The van der Waals surface area contributed by atoms with Crippen molar-refractivity contribution in [3.8, 4) is 11.4 Å². The van der Waals surface area contributed by atoms with Crippen LogP contribution in [0.1, 0.15) is 41.6 Å². The third-order valence-corrected chi connectivity index (χ3v) is 3.58. The first-order valence-electron chi connectivity index (χ1n) is 7.71. The zero-order chi connectivity index (χ0) is 17.1. The van der Waals surface area contributed by atoms with E-state index in [0.29, 0.717) is 28.5 Å². The number of nitrogens with one attached hydrogen (secondary N) is 1. The number of hydrogen-bond acceptors (Lipinski definition) is 5. The number of hydrogen-bond donors (Lipinski definition) is 1. The van der Waals surface area contributed by atoms with Crippen LogP contribution >= 0.6 is 0 Å². The fourth-order valence-corrected chi connectivity index (χ4v) is 2.38. The fourth-order valence-electron chi connectivity index (χ4n) is 2.38. The molecule has 0 spiro atoms. The van der Waals surface area contributed by atoms with Crippen LogP contribution in [0.3, 0.4) is 0 Å². The van der Waals surface area contributed by atoms with Crippen molar-refractivity contribution >= 4 is 11.6 Å². The lowest BCUT2D eigenvalue weighted by Crippen LogP contribution is -2.15. The van der Waals surface area contributed by atoms with Crippen LogP contribution in [0.15, 0.2) is 47.2 Å². The first-order chi connectivity index (χ1) is 11.6. The average Bonchev–Trinajstić information content (AvgIpc) is 2.98. The fraction of sp³-hybridized carbons (Fsp3) is 0.222. The third-order valence-electron chi connectivity index (χ3n) is 3.58. The van der Waals surface area contributed by atoms with E-state index in [-0.39, 0.29) is 11.8 Å². The summed E-state index contributed by atoms with van der Waals surface area (Å²) in [7, 11) is 0. The van der Waals surface area contributed by atoms with Crippen molar-refractivity contribution in [1.29, 1.82) is 0 Å². The molecule has 6 nitrogen and oxygen atoms in total. The molecule has 122 valence electrons. The summed E-state index contributed by atoms with van der Waals surface area (Å²) in [5.41, 5.74) is 2.48. The summed E-state index contributed by atoms with van der Waals surface area (Å²) in [6, 6.07) is 9.66. The minimum absolute atomic E-state index is 0.0728. The van der Waals surface area contributed by atoms with Gasteiger partial charge in [0.2, 0.25) is 0 Å². The van der Waals surface area contributed by atoms with Gasteiger partial charge in [0, 0.05) is 11.5 Å². The Hall–Kier alpha value is -3.02. The van der Waals surface area contributed by atoms with Crippen LogP contribution < -0.4 is 5.32 Å². The van der Waals surface area contributed by atoms with E-state index in [9.17, 15) is 4.79 Å². The summed E-state index contributed by atoms with van der Waals surface area (Å²) < 4.78 is 5.25. The quantitative estimate of drug-likeness (QED) is 0.790. The number of benzene rings is 1. The Morgan fingerprint density at radius 2 is 1.79 bits per heavy atom. The van der Waals surface area contributed by atoms with Gasteiger partial charge >= 0.3 is 0 Å². The van der Waals surface area contributed by atoms with Crippen molar-refractivity contribution in [1.82, 2.24) is 15.1 Å². The molecular formula is C18H18N4O2. The van der Waals surface area contributed by atoms with Crippen molar-refractivity contribution in [2.45, 2.75) is 26.7 Å². The molecule has 3 rings (SSSR count). The second-order valence-corrected chi connectivity index (χ2v) is 5.78. The first-order valence-corrected chi connectivity index (χ1v) is 7.71. The number of anilines is 1. The van der Waals surface area contributed by atoms with E-state index in [0.717, 1.165) is 5.56 Å². The summed E-state index contributed by atoms with van der Waals surface area (Å²) in [4.78, 5) is 21.1. The van der Waals surface area contributed by atoms with Gasteiger partial charge in [0.25, 0.3) is 5.91 Å². The van der Waals surface area contributed by atoms with E-state index in [2.05, 4.69) is 20.4 Å². The van der Waals surface area contributed by atoms with Crippen LogP contribution in [0.4, 0.5) is 5.69 Å². The molecule has 3 aromatic rings. The molecule has 0 fully saturated rings. The predicted octanol–water partition coefficient (Wildman–Crippen LogP) is 3.82. The monoisotopic (exact) mass is 322 g/mol. The zero-order valence-electron chi connectivity index (χ0n) is 13.8. The van der Waals surface area contributed by atoms with E-state index in [1.807, 2.05) is 44.2 Å². The van der Waals surface area contributed by atoms with Crippen LogP contribution in [0, 0.1) is 6.92 Å². The summed E-state index contributed by atoms with van der Waals surface area (Å²) in [5.74, 6) is 0.988. The topological polar surface area (TPSA) is 80.9 Å². The number of aryl methyl sites for hydroxylation is 1. The SMILES string of the molecule is Cc1noc(C(C)C)c1C(=O)Nc1cnc(-c2ccccc2)nc1. The van der Waals surface area contributed by atoms with Crippen molar-refractivity contribution in [3.63, 3.8) is 0 Å². The van der Waals surface area contributed by atoms with E-state index in [4.69, 9.17) is 4.52 Å². The Kier molecular flexibility index (Phi) is 4.37. The molecule has 0 bridgehead atoms. The van der Waals surface area contributed by atoms with Crippen molar-refractivity contribution < 1.29 is 9.32 Å². The molecule has 1 amide bonds. The molecule has 2 heterocycles.